The van der Waals surface area contributed by atoms with E-state index in [-0.39, 0.29) is 0 Å². The first-order valence-electron chi connectivity index (χ1n) is 5.98. The van der Waals surface area contributed by atoms with Crippen molar-refractivity contribution in [3.8, 4) is 5.75 Å². The van der Waals surface area contributed by atoms with Crippen molar-refractivity contribution in [2.24, 2.45) is 5.92 Å². The predicted molar refractivity (Wildman–Crippen MR) is 72.0 cm³/mol. The van der Waals surface area contributed by atoms with Crippen LogP contribution in [0.25, 0.3) is 0 Å². The van der Waals surface area contributed by atoms with Crippen LogP contribution in [0, 0.1) is 5.92 Å². The predicted octanol–water partition coefficient (Wildman–Crippen LogP) is 3.52. The van der Waals surface area contributed by atoms with E-state index in [4.69, 9.17) is 21.1 Å². The van der Waals surface area contributed by atoms with Crippen molar-refractivity contribution < 1.29 is 9.47 Å². The maximum absolute atomic E-state index is 6.01. The molecule has 0 spiro atoms. The van der Waals surface area contributed by atoms with Gasteiger partial charge in [0.15, 0.2) is 0 Å². The van der Waals surface area contributed by atoms with E-state index in [1.165, 1.54) is 5.56 Å². The molecule has 1 rings (SSSR count). The van der Waals surface area contributed by atoms with Crippen molar-refractivity contribution in [1.82, 2.24) is 0 Å². The van der Waals surface area contributed by atoms with Gasteiger partial charge < -0.3 is 9.47 Å². The van der Waals surface area contributed by atoms with Crippen molar-refractivity contribution in [2.45, 2.75) is 19.3 Å². The number of alkyl halides is 1. The molecule has 0 amide bonds. The van der Waals surface area contributed by atoms with E-state index in [0.717, 1.165) is 31.6 Å². The van der Waals surface area contributed by atoms with E-state index in [2.05, 4.69) is 6.07 Å². The third-order valence-corrected chi connectivity index (χ3v) is 3.32. The summed E-state index contributed by atoms with van der Waals surface area (Å²) in [6.45, 7) is 0.805. The van der Waals surface area contributed by atoms with Crippen molar-refractivity contribution in [3.05, 3.63) is 29.8 Å². The van der Waals surface area contributed by atoms with Crippen molar-refractivity contribution >= 4 is 11.6 Å². The number of hydrogen-bond donors (Lipinski definition) is 0. The topological polar surface area (TPSA) is 18.5 Å². The summed E-state index contributed by atoms with van der Waals surface area (Å²) in [6, 6.07) is 8.13. The van der Waals surface area contributed by atoms with E-state index in [1.807, 2.05) is 18.2 Å². The molecular formula is C14H21ClO2. The molecule has 0 aliphatic carbocycles. The first-order valence-corrected chi connectivity index (χ1v) is 6.52. The molecule has 0 fully saturated rings. The maximum atomic E-state index is 6.01. The summed E-state index contributed by atoms with van der Waals surface area (Å²) in [4.78, 5) is 0. The van der Waals surface area contributed by atoms with Gasteiger partial charge in [-0.1, -0.05) is 18.2 Å². The normalized spacial score (nSPS) is 12.4. The average Bonchev–Trinajstić information content (AvgIpc) is 2.38. The van der Waals surface area contributed by atoms with E-state index >= 15 is 0 Å². The summed E-state index contributed by atoms with van der Waals surface area (Å²) in [5, 5.41) is 0. The van der Waals surface area contributed by atoms with Crippen molar-refractivity contribution in [2.75, 3.05) is 26.7 Å². The minimum absolute atomic E-state index is 0.489. The van der Waals surface area contributed by atoms with Gasteiger partial charge >= 0.3 is 0 Å². The highest BCUT2D eigenvalue weighted by Crippen LogP contribution is 2.23. The first kappa shape index (κ1) is 14.3. The third-order valence-electron chi connectivity index (χ3n) is 2.88. The Labute approximate surface area is 109 Å². The Morgan fingerprint density at radius 1 is 1.24 bits per heavy atom. The summed E-state index contributed by atoms with van der Waals surface area (Å²) in [7, 11) is 3.44. The number of benzene rings is 1. The smallest absolute Gasteiger partial charge is 0.122 e. The van der Waals surface area contributed by atoms with Gasteiger partial charge in [-0.25, -0.2) is 0 Å². The molecule has 0 radical (unpaired) electrons. The Hall–Kier alpha value is -0.730. The third kappa shape index (κ3) is 4.97. The average molecular weight is 257 g/mol. The summed E-state index contributed by atoms with van der Waals surface area (Å²) in [5.74, 6) is 2.12. The van der Waals surface area contributed by atoms with E-state index in [0.29, 0.717) is 11.8 Å². The SMILES string of the molecule is COCCCC(CCl)Cc1ccccc1OC. The van der Waals surface area contributed by atoms with E-state index in [9.17, 15) is 0 Å². The number of methoxy groups -OCH3 is 2. The van der Waals surface area contributed by atoms with Crippen LogP contribution in [0.1, 0.15) is 18.4 Å². The van der Waals surface area contributed by atoms with Crippen LogP contribution < -0.4 is 4.74 Å². The fourth-order valence-electron chi connectivity index (χ4n) is 1.93. The van der Waals surface area contributed by atoms with Crippen LogP contribution in [-0.2, 0) is 11.2 Å². The summed E-state index contributed by atoms with van der Waals surface area (Å²) < 4.78 is 10.4. The lowest BCUT2D eigenvalue weighted by atomic mass is 9.96. The second kappa shape index (κ2) is 8.37. The Morgan fingerprint density at radius 3 is 2.65 bits per heavy atom. The zero-order valence-corrected chi connectivity index (χ0v) is 11.4. The van der Waals surface area contributed by atoms with Crippen molar-refractivity contribution in [1.29, 1.82) is 0 Å². The number of hydrogen-bond acceptors (Lipinski definition) is 2. The molecule has 2 nitrogen and oxygen atoms in total. The van der Waals surface area contributed by atoms with Gasteiger partial charge in [0.05, 0.1) is 7.11 Å². The van der Waals surface area contributed by atoms with Crippen LogP contribution in [-0.4, -0.2) is 26.7 Å². The number of rotatable bonds is 8. The van der Waals surface area contributed by atoms with Gasteiger partial charge in [0.1, 0.15) is 5.75 Å². The molecule has 0 saturated heterocycles. The fourth-order valence-corrected chi connectivity index (χ4v) is 2.20. The molecule has 1 unspecified atom stereocenters. The quantitative estimate of drug-likeness (QED) is 0.523. The zero-order valence-electron chi connectivity index (χ0n) is 10.6. The van der Waals surface area contributed by atoms with Gasteiger partial charge in [-0.2, -0.15) is 0 Å². The minimum atomic E-state index is 0.489. The first-order chi connectivity index (χ1) is 8.31. The molecular weight excluding hydrogens is 236 g/mol. The molecule has 1 atom stereocenters. The molecule has 0 N–H and O–H groups in total. The second-order valence-electron chi connectivity index (χ2n) is 4.17. The molecule has 0 heterocycles. The molecule has 17 heavy (non-hydrogen) atoms. The summed E-state index contributed by atoms with van der Waals surface area (Å²) in [5.41, 5.74) is 1.23. The van der Waals surface area contributed by atoms with Crippen molar-refractivity contribution in [3.63, 3.8) is 0 Å². The van der Waals surface area contributed by atoms with Crippen LogP contribution in [0.2, 0.25) is 0 Å². The number of halogens is 1. The summed E-state index contributed by atoms with van der Waals surface area (Å²) in [6.07, 6.45) is 3.12. The Kier molecular flexibility index (Phi) is 7.06. The zero-order chi connectivity index (χ0) is 12.5. The molecule has 1 aromatic rings. The highest BCUT2D eigenvalue weighted by atomic mass is 35.5. The lowest BCUT2D eigenvalue weighted by molar-refractivity contribution is 0.188. The lowest BCUT2D eigenvalue weighted by Gasteiger charge is -2.15. The molecule has 1 aromatic carbocycles. The standard InChI is InChI=1S/C14H21ClO2/c1-16-9-5-6-12(11-15)10-13-7-3-4-8-14(13)17-2/h3-4,7-8,12H,5-6,9-11H2,1-2H3. The van der Waals surface area contributed by atoms with Crippen LogP contribution in [0.5, 0.6) is 5.75 Å². The van der Waals surface area contributed by atoms with Crippen LogP contribution in [0.15, 0.2) is 24.3 Å². The van der Waals surface area contributed by atoms with Gasteiger partial charge in [-0.05, 0) is 36.8 Å². The highest BCUT2D eigenvalue weighted by Gasteiger charge is 2.11. The molecule has 0 aromatic heterocycles. The lowest BCUT2D eigenvalue weighted by Crippen LogP contribution is -2.08. The van der Waals surface area contributed by atoms with E-state index in [1.54, 1.807) is 14.2 Å². The molecule has 0 bridgehead atoms. The molecule has 0 saturated carbocycles. The Bertz CT molecular complexity index is 315. The van der Waals surface area contributed by atoms with Gasteiger partial charge in [-0.3, -0.25) is 0 Å². The number of para-hydroxylation sites is 1. The monoisotopic (exact) mass is 256 g/mol. The van der Waals surface area contributed by atoms with E-state index < -0.39 is 0 Å². The van der Waals surface area contributed by atoms with Gasteiger partial charge in [0.25, 0.3) is 0 Å². The second-order valence-corrected chi connectivity index (χ2v) is 4.48. The minimum Gasteiger partial charge on any atom is -0.496 e. The molecule has 3 heteroatoms. The summed E-state index contributed by atoms with van der Waals surface area (Å²) >= 11 is 6.01. The largest absolute Gasteiger partial charge is 0.496 e. The van der Waals surface area contributed by atoms with Crippen LogP contribution >= 0.6 is 11.6 Å². The molecule has 96 valence electrons. The highest BCUT2D eigenvalue weighted by molar-refractivity contribution is 6.18. The van der Waals surface area contributed by atoms with Crippen LogP contribution in [0.3, 0.4) is 0 Å². The van der Waals surface area contributed by atoms with Gasteiger partial charge in [-0.15, -0.1) is 11.6 Å². The fraction of sp³-hybridized carbons (Fsp3) is 0.571. The number of ether oxygens (including phenoxy) is 2. The Morgan fingerprint density at radius 2 is 2.00 bits per heavy atom. The van der Waals surface area contributed by atoms with Gasteiger partial charge in [0.2, 0.25) is 0 Å². The van der Waals surface area contributed by atoms with Gasteiger partial charge in [0, 0.05) is 19.6 Å². The van der Waals surface area contributed by atoms with Crippen LogP contribution in [0.4, 0.5) is 0 Å². The maximum Gasteiger partial charge on any atom is 0.122 e. The Balaban J connectivity index is 2.54. The molecule has 0 aliphatic rings. The molecule has 0 aliphatic heterocycles.